The number of benzene rings is 1. The van der Waals surface area contributed by atoms with Crippen molar-refractivity contribution in [2.24, 2.45) is 5.73 Å². The van der Waals surface area contributed by atoms with Crippen molar-refractivity contribution in [3.05, 3.63) is 18.2 Å². The van der Waals surface area contributed by atoms with E-state index in [1.165, 1.54) is 6.42 Å². The summed E-state index contributed by atoms with van der Waals surface area (Å²) in [5, 5.41) is 3.45. The first-order valence-electron chi connectivity index (χ1n) is 5.98. The summed E-state index contributed by atoms with van der Waals surface area (Å²) in [5.74, 6) is 1.64. The predicted molar refractivity (Wildman–Crippen MR) is 68.8 cm³/mol. The van der Waals surface area contributed by atoms with Gasteiger partial charge in [0.25, 0.3) is 0 Å². The lowest BCUT2D eigenvalue weighted by molar-refractivity contribution is 0.404. The summed E-state index contributed by atoms with van der Waals surface area (Å²) < 4.78 is 10.6. The van der Waals surface area contributed by atoms with Gasteiger partial charge in [-0.3, -0.25) is 0 Å². The zero-order valence-corrected chi connectivity index (χ0v) is 10.4. The van der Waals surface area contributed by atoms with Crippen LogP contribution in [0.15, 0.2) is 18.2 Å². The van der Waals surface area contributed by atoms with Gasteiger partial charge in [-0.1, -0.05) is 0 Å². The second-order valence-corrected chi connectivity index (χ2v) is 4.41. The number of nitrogens with one attached hydrogen (secondary N) is 1. The van der Waals surface area contributed by atoms with Crippen molar-refractivity contribution in [3.63, 3.8) is 0 Å². The summed E-state index contributed by atoms with van der Waals surface area (Å²) in [4.78, 5) is 0. The molecule has 1 aromatic carbocycles. The monoisotopic (exact) mass is 236 g/mol. The Bertz CT molecular complexity index is 382. The molecule has 0 amide bonds. The third-order valence-electron chi connectivity index (χ3n) is 3.32. The van der Waals surface area contributed by atoms with Gasteiger partial charge in [-0.05, 0) is 31.4 Å². The number of hydrogen-bond acceptors (Lipinski definition) is 4. The quantitative estimate of drug-likeness (QED) is 0.839. The first kappa shape index (κ1) is 12.0. The van der Waals surface area contributed by atoms with Gasteiger partial charge in [-0.2, -0.15) is 0 Å². The zero-order valence-electron chi connectivity index (χ0n) is 10.4. The lowest BCUT2D eigenvalue weighted by Crippen LogP contribution is -2.35. The molecule has 1 aromatic rings. The molecule has 0 bridgehead atoms. The molecule has 0 spiro atoms. The Labute approximate surface area is 102 Å². The van der Waals surface area contributed by atoms with Gasteiger partial charge in [0.05, 0.1) is 19.9 Å². The van der Waals surface area contributed by atoms with Gasteiger partial charge < -0.3 is 20.5 Å². The van der Waals surface area contributed by atoms with E-state index in [2.05, 4.69) is 5.32 Å². The van der Waals surface area contributed by atoms with Gasteiger partial charge in [0, 0.05) is 18.2 Å². The van der Waals surface area contributed by atoms with Gasteiger partial charge in [-0.25, -0.2) is 0 Å². The Balaban J connectivity index is 2.17. The van der Waals surface area contributed by atoms with Crippen LogP contribution in [0.4, 0.5) is 5.69 Å². The molecule has 1 aliphatic rings. The topological polar surface area (TPSA) is 56.5 Å². The molecule has 1 aliphatic carbocycles. The van der Waals surface area contributed by atoms with Gasteiger partial charge in [0.1, 0.15) is 11.5 Å². The fourth-order valence-electron chi connectivity index (χ4n) is 2.29. The summed E-state index contributed by atoms with van der Waals surface area (Å²) in [6, 6.07) is 6.30. The average Bonchev–Trinajstić information content (AvgIpc) is 2.75. The van der Waals surface area contributed by atoms with Crippen molar-refractivity contribution >= 4 is 5.69 Å². The maximum Gasteiger partial charge on any atom is 0.142 e. The van der Waals surface area contributed by atoms with Gasteiger partial charge in [0.15, 0.2) is 0 Å². The van der Waals surface area contributed by atoms with Gasteiger partial charge >= 0.3 is 0 Å². The lowest BCUT2D eigenvalue weighted by atomic mass is 10.1. The maximum absolute atomic E-state index is 6.05. The number of nitrogens with two attached hydrogens (primary N) is 1. The van der Waals surface area contributed by atoms with Gasteiger partial charge in [-0.15, -0.1) is 0 Å². The largest absolute Gasteiger partial charge is 0.497 e. The molecule has 0 heterocycles. The first-order chi connectivity index (χ1) is 8.24. The molecule has 17 heavy (non-hydrogen) atoms. The smallest absolute Gasteiger partial charge is 0.142 e. The lowest BCUT2D eigenvalue weighted by Gasteiger charge is -2.20. The predicted octanol–water partition coefficient (Wildman–Crippen LogP) is 2.00. The van der Waals surface area contributed by atoms with Crippen LogP contribution >= 0.6 is 0 Å². The van der Waals surface area contributed by atoms with Crippen LogP contribution in [0.5, 0.6) is 11.5 Å². The van der Waals surface area contributed by atoms with E-state index in [9.17, 15) is 0 Å². The van der Waals surface area contributed by atoms with E-state index in [-0.39, 0.29) is 6.04 Å². The minimum absolute atomic E-state index is 0.228. The van der Waals surface area contributed by atoms with Crippen molar-refractivity contribution in [1.29, 1.82) is 0 Å². The average molecular weight is 236 g/mol. The van der Waals surface area contributed by atoms with Crippen LogP contribution in [0, 0.1) is 0 Å². The molecule has 4 heteroatoms. The van der Waals surface area contributed by atoms with Crippen molar-refractivity contribution < 1.29 is 9.47 Å². The molecule has 2 atom stereocenters. The van der Waals surface area contributed by atoms with Gasteiger partial charge in [0.2, 0.25) is 0 Å². The van der Waals surface area contributed by atoms with Crippen LogP contribution in [0.1, 0.15) is 19.3 Å². The van der Waals surface area contributed by atoms with E-state index in [0.717, 1.165) is 30.0 Å². The Kier molecular flexibility index (Phi) is 3.74. The molecule has 0 aliphatic heterocycles. The molecule has 0 saturated heterocycles. The summed E-state index contributed by atoms with van der Waals surface area (Å²) >= 11 is 0. The first-order valence-corrected chi connectivity index (χ1v) is 5.98. The molecule has 94 valence electrons. The van der Waals surface area contributed by atoms with Crippen LogP contribution in [0.25, 0.3) is 0 Å². The van der Waals surface area contributed by atoms with Crippen LogP contribution < -0.4 is 20.5 Å². The van der Waals surface area contributed by atoms with Crippen LogP contribution in [-0.2, 0) is 0 Å². The molecular formula is C13H20N2O2. The number of anilines is 1. The fourth-order valence-corrected chi connectivity index (χ4v) is 2.29. The van der Waals surface area contributed by atoms with E-state index in [4.69, 9.17) is 15.2 Å². The van der Waals surface area contributed by atoms with Crippen LogP contribution in [-0.4, -0.2) is 26.3 Å². The minimum atomic E-state index is 0.228. The summed E-state index contributed by atoms with van der Waals surface area (Å²) in [7, 11) is 3.33. The summed E-state index contributed by atoms with van der Waals surface area (Å²) in [6.07, 6.45) is 3.39. The van der Waals surface area contributed by atoms with E-state index in [1.54, 1.807) is 14.2 Å². The second kappa shape index (κ2) is 5.27. The molecule has 1 saturated carbocycles. The third kappa shape index (κ3) is 2.64. The number of hydrogen-bond donors (Lipinski definition) is 2. The Hall–Kier alpha value is -1.42. The number of methoxy groups -OCH3 is 2. The van der Waals surface area contributed by atoms with Crippen LogP contribution in [0.3, 0.4) is 0 Å². The van der Waals surface area contributed by atoms with Crippen molar-refractivity contribution in [3.8, 4) is 11.5 Å². The van der Waals surface area contributed by atoms with Crippen molar-refractivity contribution in [1.82, 2.24) is 0 Å². The second-order valence-electron chi connectivity index (χ2n) is 4.41. The van der Waals surface area contributed by atoms with Crippen molar-refractivity contribution in [2.75, 3.05) is 19.5 Å². The molecule has 1 fully saturated rings. The molecule has 0 unspecified atom stereocenters. The van der Waals surface area contributed by atoms with E-state index in [1.807, 2.05) is 18.2 Å². The SMILES string of the molecule is COc1ccc(OC)c(N[C@@H]2CCC[C@@H]2N)c1. The highest BCUT2D eigenvalue weighted by atomic mass is 16.5. The van der Waals surface area contributed by atoms with E-state index in [0.29, 0.717) is 6.04 Å². The molecule has 0 aromatic heterocycles. The Morgan fingerprint density at radius 2 is 2.06 bits per heavy atom. The highest BCUT2D eigenvalue weighted by Gasteiger charge is 2.24. The maximum atomic E-state index is 6.05. The molecule has 4 nitrogen and oxygen atoms in total. The summed E-state index contributed by atoms with van der Waals surface area (Å²) in [6.45, 7) is 0. The highest BCUT2D eigenvalue weighted by Crippen LogP contribution is 2.31. The molecule has 0 radical (unpaired) electrons. The third-order valence-corrected chi connectivity index (χ3v) is 3.32. The Morgan fingerprint density at radius 1 is 1.24 bits per heavy atom. The number of rotatable bonds is 4. The number of ether oxygens (including phenoxy) is 2. The minimum Gasteiger partial charge on any atom is -0.497 e. The summed E-state index contributed by atoms with van der Waals surface area (Å²) in [5.41, 5.74) is 7.01. The normalized spacial score (nSPS) is 23.5. The zero-order chi connectivity index (χ0) is 12.3. The highest BCUT2D eigenvalue weighted by molar-refractivity contribution is 5.60. The Morgan fingerprint density at radius 3 is 2.65 bits per heavy atom. The fraction of sp³-hybridized carbons (Fsp3) is 0.538. The van der Waals surface area contributed by atoms with E-state index >= 15 is 0 Å². The van der Waals surface area contributed by atoms with Crippen molar-refractivity contribution in [2.45, 2.75) is 31.3 Å². The molecule has 2 rings (SSSR count). The molecule has 3 N–H and O–H groups in total. The van der Waals surface area contributed by atoms with E-state index < -0.39 is 0 Å². The standard InChI is InChI=1S/C13H20N2O2/c1-16-9-6-7-13(17-2)12(8-9)15-11-5-3-4-10(11)14/h6-8,10-11,15H,3-5,14H2,1-2H3/t10-,11+/m0/s1. The molecular weight excluding hydrogens is 216 g/mol. The van der Waals surface area contributed by atoms with Crippen LogP contribution in [0.2, 0.25) is 0 Å².